The predicted octanol–water partition coefficient (Wildman–Crippen LogP) is 2.85. The molecule has 7 heteroatoms. The van der Waals surface area contributed by atoms with Crippen molar-refractivity contribution in [3.63, 3.8) is 0 Å². The number of hydrogen-bond donors (Lipinski definition) is 0. The first-order valence-electron chi connectivity index (χ1n) is 7.73. The van der Waals surface area contributed by atoms with E-state index in [4.69, 9.17) is 15.0 Å². The van der Waals surface area contributed by atoms with Gasteiger partial charge in [-0.2, -0.15) is 4.79 Å². The highest BCUT2D eigenvalue weighted by atomic mass is 16.5. The molecule has 1 aromatic heterocycles. The van der Waals surface area contributed by atoms with Crippen molar-refractivity contribution in [2.45, 2.75) is 19.8 Å². The van der Waals surface area contributed by atoms with Gasteiger partial charge in [0.25, 0.3) is 5.78 Å². The van der Waals surface area contributed by atoms with Crippen molar-refractivity contribution in [3.8, 4) is 11.6 Å². The summed E-state index contributed by atoms with van der Waals surface area (Å²) in [6.45, 7) is 2.02. The second-order valence-corrected chi connectivity index (χ2v) is 5.01. The van der Waals surface area contributed by atoms with Crippen LogP contribution in [0.15, 0.2) is 42.6 Å². The van der Waals surface area contributed by atoms with Gasteiger partial charge in [-0.15, -0.1) is 0 Å². The zero-order valence-electron chi connectivity index (χ0n) is 13.7. The lowest BCUT2D eigenvalue weighted by Crippen LogP contribution is -2.10. The fraction of sp³-hybridized carbons (Fsp3) is 0.222. The minimum absolute atomic E-state index is 0.116. The van der Waals surface area contributed by atoms with Gasteiger partial charge < -0.3 is 15.0 Å². The van der Waals surface area contributed by atoms with Crippen molar-refractivity contribution < 1.29 is 23.9 Å². The van der Waals surface area contributed by atoms with Crippen LogP contribution >= 0.6 is 0 Å². The van der Waals surface area contributed by atoms with Crippen LogP contribution in [0.25, 0.3) is 5.53 Å². The van der Waals surface area contributed by atoms with Gasteiger partial charge in [0, 0.05) is 24.2 Å². The zero-order valence-corrected chi connectivity index (χ0v) is 13.7. The van der Waals surface area contributed by atoms with Crippen molar-refractivity contribution in [1.82, 2.24) is 4.98 Å². The molecule has 0 radical (unpaired) electrons. The van der Waals surface area contributed by atoms with Crippen molar-refractivity contribution in [2.75, 3.05) is 6.61 Å². The molecule has 0 atom stereocenters. The summed E-state index contributed by atoms with van der Waals surface area (Å²) in [4.78, 5) is 30.6. The molecule has 0 saturated carbocycles. The van der Waals surface area contributed by atoms with Gasteiger partial charge in [-0.25, -0.2) is 4.98 Å². The van der Waals surface area contributed by atoms with E-state index >= 15 is 0 Å². The fourth-order valence-corrected chi connectivity index (χ4v) is 2.15. The van der Waals surface area contributed by atoms with Gasteiger partial charge in [0.1, 0.15) is 5.75 Å². The first-order chi connectivity index (χ1) is 12.1. The highest BCUT2D eigenvalue weighted by molar-refractivity contribution is 6.34. The molecule has 128 valence electrons. The van der Waals surface area contributed by atoms with E-state index in [9.17, 15) is 9.59 Å². The smallest absolute Gasteiger partial charge is 0.328 e. The third kappa shape index (κ3) is 5.37. The molecule has 0 N–H and O–H groups in total. The number of rotatable bonds is 8. The van der Waals surface area contributed by atoms with Crippen LogP contribution in [0.3, 0.4) is 0 Å². The number of hydrogen-bond acceptors (Lipinski definition) is 5. The Kier molecular flexibility index (Phi) is 6.56. The molecule has 0 aliphatic heterocycles. The summed E-state index contributed by atoms with van der Waals surface area (Å²) in [5.41, 5.74) is 9.40. The first-order valence-corrected chi connectivity index (χ1v) is 7.73. The van der Waals surface area contributed by atoms with Crippen molar-refractivity contribution in [1.29, 1.82) is 0 Å². The highest BCUT2D eigenvalue weighted by Crippen LogP contribution is 2.22. The van der Waals surface area contributed by atoms with E-state index in [0.717, 1.165) is 6.21 Å². The van der Waals surface area contributed by atoms with E-state index in [1.54, 1.807) is 19.1 Å². The maximum atomic E-state index is 12.1. The van der Waals surface area contributed by atoms with Gasteiger partial charge in [0.15, 0.2) is 0 Å². The molecule has 0 bridgehead atoms. The number of pyridine rings is 1. The Morgan fingerprint density at radius 3 is 2.72 bits per heavy atom. The molecule has 25 heavy (non-hydrogen) atoms. The summed E-state index contributed by atoms with van der Waals surface area (Å²) < 4.78 is 10.5. The maximum Gasteiger partial charge on any atom is 0.328 e. The standard InChI is InChI=1S/C18H17N3O4/c1-2-24-18(23)9-8-13-11-20-17(10-15(13)16(22)12-21-19)25-14-6-4-3-5-7-14/h3-7,10-12H,2,8-9H2,1H3. The zero-order chi connectivity index (χ0) is 18.1. The van der Waals surface area contributed by atoms with E-state index in [1.165, 1.54) is 12.3 Å². The second-order valence-electron chi connectivity index (χ2n) is 5.01. The fourth-order valence-electron chi connectivity index (χ4n) is 2.15. The number of Topliss-reactive ketones (excluding diaryl/α,β-unsaturated/α-hetero) is 1. The summed E-state index contributed by atoms with van der Waals surface area (Å²) in [7, 11) is 0. The van der Waals surface area contributed by atoms with Crippen LogP contribution in [0.1, 0.15) is 29.3 Å². The minimum atomic E-state index is -0.512. The molecule has 0 amide bonds. The van der Waals surface area contributed by atoms with E-state index in [0.29, 0.717) is 17.9 Å². The molecule has 2 aromatic rings. The Morgan fingerprint density at radius 2 is 2.04 bits per heavy atom. The van der Waals surface area contributed by atoms with Crippen LogP contribution in [-0.4, -0.2) is 34.3 Å². The molecule has 2 rings (SSSR count). The van der Waals surface area contributed by atoms with Crippen molar-refractivity contribution in [3.05, 3.63) is 59.3 Å². The number of aromatic nitrogens is 1. The number of esters is 1. The topological polar surface area (TPSA) is 102 Å². The number of benzene rings is 1. The lowest BCUT2D eigenvalue weighted by molar-refractivity contribution is -0.143. The van der Waals surface area contributed by atoms with Gasteiger partial charge in [0.05, 0.1) is 6.61 Å². The van der Waals surface area contributed by atoms with Gasteiger partial charge in [-0.05, 0) is 31.0 Å². The quantitative estimate of drug-likeness (QED) is 0.242. The van der Waals surface area contributed by atoms with Crippen LogP contribution in [-0.2, 0) is 16.0 Å². The number of carbonyl (C=O) groups is 2. The third-order valence-electron chi connectivity index (χ3n) is 3.27. The van der Waals surface area contributed by atoms with E-state index in [1.807, 2.05) is 18.2 Å². The van der Waals surface area contributed by atoms with Gasteiger partial charge in [-0.1, -0.05) is 18.2 Å². The molecular weight excluding hydrogens is 322 g/mol. The Morgan fingerprint density at radius 1 is 1.28 bits per heavy atom. The summed E-state index contributed by atoms with van der Waals surface area (Å²) >= 11 is 0. The molecule has 0 fully saturated rings. The Hall–Kier alpha value is -3.31. The number of aryl methyl sites for hydroxylation is 1. The number of para-hydroxylation sites is 1. The molecule has 1 aromatic carbocycles. The molecule has 0 aliphatic carbocycles. The Bertz CT molecular complexity index is 799. The largest absolute Gasteiger partial charge is 0.466 e. The van der Waals surface area contributed by atoms with E-state index in [2.05, 4.69) is 9.77 Å². The molecule has 0 unspecified atom stereocenters. The molecule has 0 aliphatic rings. The normalized spacial score (nSPS) is 9.80. The summed E-state index contributed by atoms with van der Waals surface area (Å²) in [5, 5.41) is 0. The third-order valence-corrected chi connectivity index (χ3v) is 3.27. The SMILES string of the molecule is CCOC(=O)CCc1cnc(Oc2ccccc2)cc1C(=O)C=[N+]=[N-]. The average Bonchev–Trinajstić information content (AvgIpc) is 2.62. The summed E-state index contributed by atoms with van der Waals surface area (Å²) in [6, 6.07) is 10.4. The van der Waals surface area contributed by atoms with Crippen LogP contribution in [0, 0.1) is 0 Å². The molecule has 1 heterocycles. The molecule has 0 saturated heterocycles. The minimum Gasteiger partial charge on any atom is -0.466 e. The van der Waals surface area contributed by atoms with Crippen LogP contribution in [0.5, 0.6) is 11.6 Å². The molecule has 7 nitrogen and oxygen atoms in total. The predicted molar refractivity (Wildman–Crippen MR) is 89.7 cm³/mol. The van der Waals surface area contributed by atoms with Crippen molar-refractivity contribution >= 4 is 18.0 Å². The van der Waals surface area contributed by atoms with E-state index in [-0.39, 0.29) is 30.3 Å². The average molecular weight is 339 g/mol. The molecular formula is C18H17N3O4. The number of ether oxygens (including phenoxy) is 2. The van der Waals surface area contributed by atoms with Gasteiger partial charge in [-0.3, -0.25) is 9.59 Å². The summed E-state index contributed by atoms with van der Waals surface area (Å²) in [5.74, 6) is -0.0766. The second kappa shape index (κ2) is 9.10. The molecule has 0 spiro atoms. The van der Waals surface area contributed by atoms with Crippen LogP contribution < -0.4 is 4.74 Å². The maximum absolute atomic E-state index is 12.1. The first kappa shape index (κ1) is 18.0. The summed E-state index contributed by atoms with van der Waals surface area (Å²) in [6.07, 6.45) is 2.65. The van der Waals surface area contributed by atoms with Gasteiger partial charge in [0.2, 0.25) is 5.88 Å². The van der Waals surface area contributed by atoms with Gasteiger partial charge >= 0.3 is 12.2 Å². The lowest BCUT2D eigenvalue weighted by atomic mass is 10.0. The van der Waals surface area contributed by atoms with Crippen molar-refractivity contribution in [2.24, 2.45) is 0 Å². The Labute approximate surface area is 144 Å². The van der Waals surface area contributed by atoms with Crippen LogP contribution in [0.4, 0.5) is 0 Å². The lowest BCUT2D eigenvalue weighted by Gasteiger charge is -2.09. The number of carbonyl (C=O) groups excluding carboxylic acids is 2. The number of nitrogens with zero attached hydrogens (tertiary/aromatic N) is 3. The highest BCUT2D eigenvalue weighted by Gasteiger charge is 2.17. The Balaban J connectivity index is 2.25. The van der Waals surface area contributed by atoms with Crippen LogP contribution in [0.2, 0.25) is 0 Å². The monoisotopic (exact) mass is 339 g/mol. The number of ketones is 1. The van der Waals surface area contributed by atoms with E-state index < -0.39 is 5.78 Å².